The van der Waals surface area contributed by atoms with Gasteiger partial charge in [0, 0.05) is 11.6 Å². The molecule has 0 saturated heterocycles. The molecule has 1 heterocycles. The Morgan fingerprint density at radius 3 is 2.78 bits per heavy atom. The Hall–Kier alpha value is -1.81. The quantitative estimate of drug-likeness (QED) is 0.851. The smallest absolute Gasteiger partial charge is 0.208 e. The predicted molar refractivity (Wildman–Crippen MR) is 69.2 cm³/mol. The lowest BCUT2D eigenvalue weighted by Crippen LogP contribution is -2.20. The van der Waals surface area contributed by atoms with Crippen molar-refractivity contribution in [1.82, 2.24) is 10.3 Å². The zero-order valence-corrected chi connectivity index (χ0v) is 10.7. The van der Waals surface area contributed by atoms with Crippen molar-refractivity contribution in [3.05, 3.63) is 47.7 Å². The number of oxazole rings is 1. The van der Waals surface area contributed by atoms with E-state index in [0.717, 1.165) is 17.7 Å². The van der Waals surface area contributed by atoms with Gasteiger partial charge in [-0.15, -0.1) is 0 Å². The molecule has 0 aliphatic carbocycles. The van der Waals surface area contributed by atoms with Gasteiger partial charge in [-0.05, 0) is 19.4 Å². The molecule has 4 heteroatoms. The maximum atomic E-state index is 9.83. The molecular weight excluding hydrogens is 228 g/mol. The average molecular weight is 246 g/mol. The number of aromatic nitrogens is 1. The average Bonchev–Trinajstić information content (AvgIpc) is 2.78. The summed E-state index contributed by atoms with van der Waals surface area (Å²) in [6, 6.07) is 7.47. The topological polar surface area (TPSA) is 58.3 Å². The van der Waals surface area contributed by atoms with Crippen LogP contribution in [0.25, 0.3) is 0 Å². The molecular formula is C14H18N2O2. The van der Waals surface area contributed by atoms with Crippen molar-refractivity contribution in [2.75, 3.05) is 0 Å². The Morgan fingerprint density at radius 1 is 1.39 bits per heavy atom. The molecule has 0 aliphatic heterocycles. The Morgan fingerprint density at radius 2 is 2.17 bits per heavy atom. The lowest BCUT2D eigenvalue weighted by molar-refractivity contribution is 0.406. The summed E-state index contributed by atoms with van der Waals surface area (Å²) in [6.45, 7) is 4.50. The second-order valence-corrected chi connectivity index (χ2v) is 4.27. The molecule has 18 heavy (non-hydrogen) atoms. The minimum absolute atomic E-state index is 0.0957. The van der Waals surface area contributed by atoms with E-state index in [9.17, 15) is 5.11 Å². The van der Waals surface area contributed by atoms with E-state index in [4.69, 9.17) is 4.42 Å². The number of hydrogen-bond donors (Lipinski definition) is 2. The zero-order valence-electron chi connectivity index (χ0n) is 10.7. The zero-order chi connectivity index (χ0) is 13.0. The number of para-hydroxylation sites is 1. The number of aromatic hydroxyl groups is 1. The number of aryl methyl sites for hydroxylation is 1. The van der Waals surface area contributed by atoms with Gasteiger partial charge in [-0.2, -0.15) is 0 Å². The van der Waals surface area contributed by atoms with Crippen LogP contribution in [0.1, 0.15) is 36.6 Å². The fourth-order valence-electron chi connectivity index (χ4n) is 1.95. The minimum Gasteiger partial charge on any atom is -0.508 e. The Labute approximate surface area is 107 Å². The van der Waals surface area contributed by atoms with E-state index in [2.05, 4.69) is 17.2 Å². The first-order chi connectivity index (χ1) is 8.70. The van der Waals surface area contributed by atoms with Crippen molar-refractivity contribution in [2.45, 2.75) is 32.9 Å². The summed E-state index contributed by atoms with van der Waals surface area (Å²) in [5.74, 6) is 1.80. The monoisotopic (exact) mass is 246 g/mol. The van der Waals surface area contributed by atoms with Gasteiger partial charge in [-0.3, -0.25) is 0 Å². The molecule has 1 unspecified atom stereocenters. The van der Waals surface area contributed by atoms with Crippen molar-refractivity contribution >= 4 is 0 Å². The Bertz CT molecular complexity index is 508. The van der Waals surface area contributed by atoms with Gasteiger partial charge in [0.15, 0.2) is 0 Å². The minimum atomic E-state index is 0.0957. The first kappa shape index (κ1) is 12.6. The fraction of sp³-hybridized carbons (Fsp3) is 0.357. The second kappa shape index (κ2) is 5.69. The van der Waals surface area contributed by atoms with Crippen molar-refractivity contribution in [3.63, 3.8) is 0 Å². The highest BCUT2D eigenvalue weighted by Gasteiger charge is 2.13. The Kier molecular flexibility index (Phi) is 3.99. The van der Waals surface area contributed by atoms with Crippen LogP contribution < -0.4 is 5.32 Å². The van der Waals surface area contributed by atoms with E-state index in [1.165, 1.54) is 0 Å². The van der Waals surface area contributed by atoms with Crippen LogP contribution in [0.3, 0.4) is 0 Å². The van der Waals surface area contributed by atoms with Gasteiger partial charge in [0.2, 0.25) is 5.89 Å². The van der Waals surface area contributed by atoms with Crippen LogP contribution in [0.15, 0.2) is 34.9 Å². The molecule has 0 fully saturated rings. The molecule has 2 aromatic rings. The van der Waals surface area contributed by atoms with Crippen molar-refractivity contribution in [2.24, 2.45) is 0 Å². The number of benzene rings is 1. The second-order valence-electron chi connectivity index (χ2n) is 4.27. The van der Waals surface area contributed by atoms with Crippen molar-refractivity contribution in [3.8, 4) is 5.75 Å². The largest absolute Gasteiger partial charge is 0.508 e. The standard InChI is InChI=1S/C14H18N2O2/c1-3-12(11-6-4-5-7-13(11)17)15-9-14-16-8-10(2)18-14/h4-8,12,15,17H,3,9H2,1-2H3. The number of nitrogens with zero attached hydrogens (tertiary/aromatic N) is 1. The maximum absolute atomic E-state index is 9.83. The highest BCUT2D eigenvalue weighted by atomic mass is 16.4. The van der Waals surface area contributed by atoms with E-state index >= 15 is 0 Å². The molecule has 2 rings (SSSR count). The van der Waals surface area contributed by atoms with E-state index in [1.807, 2.05) is 25.1 Å². The summed E-state index contributed by atoms with van der Waals surface area (Å²) in [5.41, 5.74) is 0.906. The fourth-order valence-corrected chi connectivity index (χ4v) is 1.95. The van der Waals surface area contributed by atoms with Crippen LogP contribution in [0.2, 0.25) is 0 Å². The number of hydrogen-bond acceptors (Lipinski definition) is 4. The summed E-state index contributed by atoms with van der Waals surface area (Å²) in [5, 5.41) is 13.2. The van der Waals surface area contributed by atoms with Crippen molar-refractivity contribution in [1.29, 1.82) is 0 Å². The van der Waals surface area contributed by atoms with Crippen molar-refractivity contribution < 1.29 is 9.52 Å². The molecule has 0 spiro atoms. The highest BCUT2D eigenvalue weighted by molar-refractivity contribution is 5.34. The van der Waals surface area contributed by atoms with Crippen LogP contribution in [0.5, 0.6) is 5.75 Å². The number of nitrogens with one attached hydrogen (secondary N) is 1. The first-order valence-electron chi connectivity index (χ1n) is 6.13. The SMILES string of the molecule is CCC(NCc1ncc(C)o1)c1ccccc1O. The summed E-state index contributed by atoms with van der Waals surface area (Å²) in [4.78, 5) is 4.15. The van der Waals surface area contributed by atoms with Gasteiger partial charge in [0.25, 0.3) is 0 Å². The summed E-state index contributed by atoms with van der Waals surface area (Å²) < 4.78 is 5.41. The molecule has 1 atom stereocenters. The van der Waals surface area contributed by atoms with Gasteiger partial charge in [-0.25, -0.2) is 4.98 Å². The summed E-state index contributed by atoms with van der Waals surface area (Å²) in [6.07, 6.45) is 2.59. The van der Waals surface area contributed by atoms with E-state index in [-0.39, 0.29) is 6.04 Å². The number of rotatable bonds is 5. The van der Waals surface area contributed by atoms with Gasteiger partial charge in [-0.1, -0.05) is 25.1 Å². The molecule has 1 aromatic heterocycles. The Balaban J connectivity index is 2.04. The van der Waals surface area contributed by atoms with E-state index in [0.29, 0.717) is 18.2 Å². The van der Waals surface area contributed by atoms with Gasteiger partial charge in [0.1, 0.15) is 11.5 Å². The lowest BCUT2D eigenvalue weighted by atomic mass is 10.0. The van der Waals surface area contributed by atoms with Gasteiger partial charge >= 0.3 is 0 Å². The van der Waals surface area contributed by atoms with E-state index < -0.39 is 0 Å². The maximum Gasteiger partial charge on any atom is 0.208 e. The molecule has 96 valence electrons. The lowest BCUT2D eigenvalue weighted by Gasteiger charge is -2.17. The third kappa shape index (κ3) is 2.90. The number of phenolic OH excluding ortho intramolecular Hbond substituents is 1. The predicted octanol–water partition coefficient (Wildman–Crippen LogP) is 2.93. The van der Waals surface area contributed by atoms with Crippen LogP contribution in [-0.4, -0.2) is 10.1 Å². The molecule has 0 amide bonds. The molecule has 0 bridgehead atoms. The molecule has 1 aromatic carbocycles. The molecule has 0 aliphatic rings. The molecule has 0 radical (unpaired) electrons. The third-order valence-electron chi connectivity index (χ3n) is 2.89. The van der Waals surface area contributed by atoms with Crippen LogP contribution >= 0.6 is 0 Å². The van der Waals surface area contributed by atoms with E-state index in [1.54, 1.807) is 12.3 Å². The number of phenols is 1. The molecule has 2 N–H and O–H groups in total. The van der Waals surface area contributed by atoms with Crippen LogP contribution in [0.4, 0.5) is 0 Å². The normalized spacial score (nSPS) is 12.6. The first-order valence-corrected chi connectivity index (χ1v) is 6.13. The summed E-state index contributed by atoms with van der Waals surface area (Å²) in [7, 11) is 0. The summed E-state index contributed by atoms with van der Waals surface area (Å²) >= 11 is 0. The van der Waals surface area contributed by atoms with Crippen LogP contribution in [0, 0.1) is 6.92 Å². The van der Waals surface area contributed by atoms with Gasteiger partial charge < -0.3 is 14.8 Å². The molecule has 4 nitrogen and oxygen atoms in total. The third-order valence-corrected chi connectivity index (χ3v) is 2.89. The molecule has 0 saturated carbocycles. The van der Waals surface area contributed by atoms with Gasteiger partial charge in [0.05, 0.1) is 12.7 Å². The van der Waals surface area contributed by atoms with Crippen LogP contribution in [-0.2, 0) is 6.54 Å². The highest BCUT2D eigenvalue weighted by Crippen LogP contribution is 2.25.